The van der Waals surface area contributed by atoms with Crippen molar-refractivity contribution in [1.29, 1.82) is 0 Å². The summed E-state index contributed by atoms with van der Waals surface area (Å²) in [7, 11) is 0. The van der Waals surface area contributed by atoms with Crippen molar-refractivity contribution in [3.63, 3.8) is 0 Å². The number of H-pyrrole nitrogens is 1. The summed E-state index contributed by atoms with van der Waals surface area (Å²) in [6.45, 7) is 1.88. The number of aromatic amines is 1. The molecule has 0 saturated heterocycles. The zero-order valence-corrected chi connectivity index (χ0v) is 11.0. The van der Waals surface area contributed by atoms with Gasteiger partial charge in [0.1, 0.15) is 5.76 Å². The number of rotatable bonds is 2. The smallest absolute Gasteiger partial charge is 0.238 e. The van der Waals surface area contributed by atoms with Crippen molar-refractivity contribution in [2.24, 2.45) is 0 Å². The first-order valence-corrected chi connectivity index (χ1v) is 6.61. The molecule has 3 aromatic rings. The van der Waals surface area contributed by atoms with Gasteiger partial charge in [-0.1, -0.05) is 5.16 Å². The third-order valence-corrected chi connectivity index (χ3v) is 3.59. The first-order valence-electron chi connectivity index (χ1n) is 6.61. The normalized spacial score (nSPS) is 18.1. The number of furan rings is 1. The SMILES string of the molecule is Cc1ccc(-c2noc(C3CCCc4n[nH]nc43)n2)o1. The molecule has 102 valence electrons. The van der Waals surface area contributed by atoms with E-state index in [2.05, 4.69) is 25.6 Å². The van der Waals surface area contributed by atoms with Crippen molar-refractivity contribution in [3.8, 4) is 11.6 Å². The Bertz CT molecular complexity index is 741. The summed E-state index contributed by atoms with van der Waals surface area (Å²) in [4.78, 5) is 4.44. The quantitative estimate of drug-likeness (QED) is 0.768. The molecule has 0 aromatic carbocycles. The Labute approximate surface area is 114 Å². The first-order chi connectivity index (χ1) is 9.81. The molecule has 20 heavy (non-hydrogen) atoms. The van der Waals surface area contributed by atoms with Crippen LogP contribution in [0.1, 0.15) is 41.8 Å². The number of aromatic nitrogens is 5. The molecule has 0 amide bonds. The van der Waals surface area contributed by atoms with Gasteiger partial charge in [-0.3, -0.25) is 0 Å². The average molecular weight is 271 g/mol. The molecule has 3 aromatic heterocycles. The highest BCUT2D eigenvalue weighted by Gasteiger charge is 2.30. The molecule has 0 saturated carbocycles. The molecule has 1 aliphatic rings. The molecule has 0 fully saturated rings. The van der Waals surface area contributed by atoms with Crippen molar-refractivity contribution >= 4 is 0 Å². The summed E-state index contributed by atoms with van der Waals surface area (Å²) in [6, 6.07) is 3.72. The second-order valence-electron chi connectivity index (χ2n) is 4.97. The van der Waals surface area contributed by atoms with Gasteiger partial charge < -0.3 is 8.94 Å². The number of hydrogen-bond acceptors (Lipinski definition) is 6. The lowest BCUT2D eigenvalue weighted by atomic mass is 9.90. The monoisotopic (exact) mass is 271 g/mol. The van der Waals surface area contributed by atoms with Gasteiger partial charge >= 0.3 is 0 Å². The van der Waals surface area contributed by atoms with E-state index in [1.807, 2.05) is 19.1 Å². The summed E-state index contributed by atoms with van der Waals surface area (Å²) in [5.41, 5.74) is 1.91. The Kier molecular flexibility index (Phi) is 2.45. The van der Waals surface area contributed by atoms with Crippen molar-refractivity contribution in [2.45, 2.75) is 32.1 Å². The predicted molar refractivity (Wildman–Crippen MR) is 67.9 cm³/mol. The van der Waals surface area contributed by atoms with Gasteiger partial charge in [-0.05, 0) is 38.3 Å². The van der Waals surface area contributed by atoms with Crippen LogP contribution in [-0.4, -0.2) is 25.6 Å². The van der Waals surface area contributed by atoms with E-state index >= 15 is 0 Å². The van der Waals surface area contributed by atoms with Crippen LogP contribution < -0.4 is 0 Å². The van der Waals surface area contributed by atoms with Gasteiger partial charge in [0, 0.05) is 0 Å². The van der Waals surface area contributed by atoms with Gasteiger partial charge in [0.15, 0.2) is 5.76 Å². The Balaban J connectivity index is 1.70. The zero-order valence-electron chi connectivity index (χ0n) is 11.0. The Hall–Kier alpha value is -2.44. The van der Waals surface area contributed by atoms with E-state index in [-0.39, 0.29) is 5.92 Å². The van der Waals surface area contributed by atoms with Crippen molar-refractivity contribution in [1.82, 2.24) is 25.6 Å². The second-order valence-corrected chi connectivity index (χ2v) is 4.97. The minimum Gasteiger partial charge on any atom is -0.458 e. The van der Waals surface area contributed by atoms with Crippen LogP contribution in [0.3, 0.4) is 0 Å². The van der Waals surface area contributed by atoms with E-state index in [0.717, 1.165) is 36.4 Å². The van der Waals surface area contributed by atoms with Crippen molar-refractivity contribution in [3.05, 3.63) is 35.2 Å². The number of aryl methyl sites for hydroxylation is 2. The lowest BCUT2D eigenvalue weighted by molar-refractivity contribution is 0.351. The van der Waals surface area contributed by atoms with Gasteiger partial charge in [0.25, 0.3) is 0 Å². The average Bonchev–Trinajstić information content (AvgIpc) is 3.17. The lowest BCUT2D eigenvalue weighted by Gasteiger charge is -2.15. The Morgan fingerprint density at radius 3 is 3.10 bits per heavy atom. The molecule has 0 spiro atoms. The maximum Gasteiger partial charge on any atom is 0.238 e. The molecule has 4 rings (SSSR count). The van der Waals surface area contributed by atoms with E-state index < -0.39 is 0 Å². The molecule has 1 aliphatic carbocycles. The van der Waals surface area contributed by atoms with Crippen LogP contribution in [0.25, 0.3) is 11.6 Å². The van der Waals surface area contributed by atoms with E-state index in [1.165, 1.54) is 0 Å². The van der Waals surface area contributed by atoms with Crippen LogP contribution >= 0.6 is 0 Å². The molecule has 0 aliphatic heterocycles. The summed E-state index contributed by atoms with van der Waals surface area (Å²) in [6.07, 6.45) is 2.93. The molecule has 0 bridgehead atoms. The maximum absolute atomic E-state index is 5.51. The molecule has 3 heterocycles. The summed E-state index contributed by atoms with van der Waals surface area (Å²) in [5, 5.41) is 15.0. The lowest BCUT2D eigenvalue weighted by Crippen LogP contribution is -2.11. The fraction of sp³-hybridized carbons (Fsp3) is 0.385. The van der Waals surface area contributed by atoms with Crippen LogP contribution in [0.15, 0.2) is 21.1 Å². The summed E-state index contributed by atoms with van der Waals surface area (Å²) >= 11 is 0. The van der Waals surface area contributed by atoms with Crippen LogP contribution in [0.2, 0.25) is 0 Å². The Morgan fingerprint density at radius 2 is 2.25 bits per heavy atom. The largest absolute Gasteiger partial charge is 0.458 e. The van der Waals surface area contributed by atoms with Gasteiger partial charge in [-0.15, -0.1) is 0 Å². The van der Waals surface area contributed by atoms with Gasteiger partial charge in [-0.25, -0.2) is 0 Å². The molecular weight excluding hydrogens is 258 g/mol. The molecule has 7 heteroatoms. The molecule has 7 nitrogen and oxygen atoms in total. The minimum absolute atomic E-state index is 0.0230. The fourth-order valence-electron chi connectivity index (χ4n) is 2.61. The highest BCUT2D eigenvalue weighted by molar-refractivity contribution is 5.46. The van der Waals surface area contributed by atoms with Crippen LogP contribution in [0.5, 0.6) is 0 Å². The Morgan fingerprint density at radius 1 is 1.30 bits per heavy atom. The highest BCUT2D eigenvalue weighted by atomic mass is 16.5. The van der Waals surface area contributed by atoms with Crippen molar-refractivity contribution < 1.29 is 8.94 Å². The predicted octanol–water partition coefficient (Wildman–Crippen LogP) is 2.22. The van der Waals surface area contributed by atoms with Crippen molar-refractivity contribution in [2.75, 3.05) is 0 Å². The standard InChI is InChI=1S/C13H13N5O2/c1-7-5-6-10(19-7)12-14-13(20-17-12)8-3-2-4-9-11(8)16-18-15-9/h5-6,8H,2-4H2,1H3,(H,15,16,18). The van der Waals surface area contributed by atoms with Crippen LogP contribution in [-0.2, 0) is 6.42 Å². The minimum atomic E-state index is 0.0230. The summed E-state index contributed by atoms with van der Waals surface area (Å²) < 4.78 is 10.9. The third-order valence-electron chi connectivity index (χ3n) is 3.59. The van der Waals surface area contributed by atoms with E-state index in [4.69, 9.17) is 8.94 Å². The maximum atomic E-state index is 5.51. The van der Waals surface area contributed by atoms with Gasteiger partial charge in [0.2, 0.25) is 11.7 Å². The van der Waals surface area contributed by atoms with Gasteiger partial charge in [-0.2, -0.15) is 20.4 Å². The van der Waals surface area contributed by atoms with Crippen LogP contribution in [0.4, 0.5) is 0 Å². The van der Waals surface area contributed by atoms with E-state index in [0.29, 0.717) is 17.5 Å². The van der Waals surface area contributed by atoms with Crippen LogP contribution in [0, 0.1) is 6.92 Å². The molecule has 1 unspecified atom stereocenters. The highest BCUT2D eigenvalue weighted by Crippen LogP contribution is 2.34. The number of fused-ring (bicyclic) bond motifs is 1. The third kappa shape index (κ3) is 1.74. The second kappa shape index (κ2) is 4.29. The van der Waals surface area contributed by atoms with E-state index in [1.54, 1.807) is 0 Å². The molecule has 1 N–H and O–H groups in total. The topological polar surface area (TPSA) is 93.6 Å². The van der Waals surface area contributed by atoms with E-state index in [9.17, 15) is 0 Å². The number of hydrogen-bond donors (Lipinski definition) is 1. The zero-order chi connectivity index (χ0) is 13.5. The first kappa shape index (κ1) is 11.4. The molecule has 0 radical (unpaired) electrons. The summed E-state index contributed by atoms with van der Waals surface area (Å²) in [5.74, 6) is 2.51. The molecule has 1 atom stereocenters. The molecular formula is C13H13N5O2. The fourth-order valence-corrected chi connectivity index (χ4v) is 2.61. The number of nitrogens with one attached hydrogen (secondary N) is 1. The number of nitrogens with zero attached hydrogens (tertiary/aromatic N) is 4. The van der Waals surface area contributed by atoms with Gasteiger partial charge in [0.05, 0.1) is 17.3 Å².